The summed E-state index contributed by atoms with van der Waals surface area (Å²) >= 11 is 5.92. The molecule has 0 saturated heterocycles. The zero-order valence-corrected chi connectivity index (χ0v) is 15.0. The van der Waals surface area contributed by atoms with E-state index in [2.05, 4.69) is 16.0 Å². The largest absolute Gasteiger partial charge is 0.416 e. The predicted molar refractivity (Wildman–Crippen MR) is 96.3 cm³/mol. The lowest BCUT2D eigenvalue weighted by molar-refractivity contribution is -0.137. The van der Waals surface area contributed by atoms with Crippen LogP contribution in [0.3, 0.4) is 0 Å². The Morgan fingerprint density at radius 1 is 1.11 bits per heavy atom. The van der Waals surface area contributed by atoms with E-state index in [1.807, 2.05) is 0 Å². The van der Waals surface area contributed by atoms with Crippen molar-refractivity contribution in [3.8, 4) is 0 Å². The number of anilines is 1. The lowest BCUT2D eigenvalue weighted by Gasteiger charge is -2.19. The van der Waals surface area contributed by atoms with Crippen LogP contribution in [-0.4, -0.2) is 25.4 Å². The summed E-state index contributed by atoms with van der Waals surface area (Å²) in [5.74, 6) is -0.993. The summed E-state index contributed by atoms with van der Waals surface area (Å²) in [4.78, 5) is 24.2. The molecule has 0 spiro atoms. The molecule has 0 saturated carbocycles. The van der Waals surface area contributed by atoms with E-state index in [-0.39, 0.29) is 23.2 Å². The highest BCUT2D eigenvalue weighted by Gasteiger charge is 2.31. The second kappa shape index (κ2) is 8.88. The standard InChI is InChI=1S/C18H17ClF3N3O2/c1-23-15(26)10-24-16(11-5-3-2-4-6-11)17(27)25-14-9-12(18(20,21)22)7-8-13(14)19/h2-9,16,24H,10H2,1H3,(H,23,26)(H,25,27)/t16-/m1/s1. The molecule has 0 aliphatic carbocycles. The third-order valence-corrected chi connectivity index (χ3v) is 4.02. The van der Waals surface area contributed by atoms with Crippen LogP contribution in [0, 0.1) is 0 Å². The number of halogens is 4. The average molecular weight is 400 g/mol. The lowest BCUT2D eigenvalue weighted by Crippen LogP contribution is -2.39. The molecule has 2 aromatic rings. The lowest BCUT2D eigenvalue weighted by atomic mass is 10.1. The molecule has 3 N–H and O–H groups in total. The van der Waals surface area contributed by atoms with Gasteiger partial charge in [-0.25, -0.2) is 0 Å². The Morgan fingerprint density at radius 2 is 1.78 bits per heavy atom. The van der Waals surface area contributed by atoms with Crippen LogP contribution in [0.15, 0.2) is 48.5 Å². The first-order chi connectivity index (χ1) is 12.7. The van der Waals surface area contributed by atoms with E-state index in [1.165, 1.54) is 7.05 Å². The zero-order valence-electron chi connectivity index (χ0n) is 14.2. The van der Waals surface area contributed by atoms with Gasteiger partial charge in [0.2, 0.25) is 11.8 Å². The van der Waals surface area contributed by atoms with Gasteiger partial charge in [-0.05, 0) is 23.8 Å². The van der Waals surface area contributed by atoms with Crippen molar-refractivity contribution in [1.29, 1.82) is 0 Å². The van der Waals surface area contributed by atoms with Gasteiger partial charge in [0.15, 0.2) is 0 Å². The Hall–Kier alpha value is -2.58. The van der Waals surface area contributed by atoms with E-state index in [9.17, 15) is 22.8 Å². The summed E-state index contributed by atoms with van der Waals surface area (Å²) in [6.07, 6.45) is -4.57. The van der Waals surface area contributed by atoms with E-state index >= 15 is 0 Å². The maximum absolute atomic E-state index is 12.9. The molecule has 0 aliphatic heterocycles. The number of carbonyl (C=O) groups excluding carboxylic acids is 2. The van der Waals surface area contributed by atoms with Gasteiger partial charge in [-0.2, -0.15) is 13.2 Å². The minimum absolute atomic E-state index is 0.0329. The first-order valence-electron chi connectivity index (χ1n) is 7.89. The molecule has 0 bridgehead atoms. The number of hydrogen-bond donors (Lipinski definition) is 3. The number of hydrogen-bond acceptors (Lipinski definition) is 3. The number of amides is 2. The van der Waals surface area contributed by atoms with Crippen molar-refractivity contribution in [1.82, 2.24) is 10.6 Å². The molecule has 0 fully saturated rings. The van der Waals surface area contributed by atoms with E-state index in [1.54, 1.807) is 30.3 Å². The Morgan fingerprint density at radius 3 is 2.37 bits per heavy atom. The number of rotatable bonds is 6. The van der Waals surface area contributed by atoms with Crippen LogP contribution in [0.5, 0.6) is 0 Å². The fraction of sp³-hybridized carbons (Fsp3) is 0.222. The van der Waals surface area contributed by atoms with Crippen molar-refractivity contribution < 1.29 is 22.8 Å². The van der Waals surface area contributed by atoms with Crippen molar-refractivity contribution in [2.75, 3.05) is 18.9 Å². The van der Waals surface area contributed by atoms with Gasteiger partial charge in [0.25, 0.3) is 0 Å². The molecule has 2 amide bonds. The molecule has 0 radical (unpaired) electrons. The van der Waals surface area contributed by atoms with Gasteiger partial charge in [-0.15, -0.1) is 0 Å². The fourth-order valence-electron chi connectivity index (χ4n) is 2.29. The van der Waals surface area contributed by atoms with Gasteiger partial charge in [0.05, 0.1) is 22.8 Å². The first-order valence-corrected chi connectivity index (χ1v) is 8.26. The molecule has 0 aromatic heterocycles. The van der Waals surface area contributed by atoms with Gasteiger partial charge in [0.1, 0.15) is 6.04 Å². The number of likely N-dealkylation sites (N-methyl/N-ethyl adjacent to an activating group) is 1. The number of alkyl halides is 3. The van der Waals surface area contributed by atoms with Crippen LogP contribution in [0.1, 0.15) is 17.2 Å². The van der Waals surface area contributed by atoms with Crippen molar-refractivity contribution >= 4 is 29.1 Å². The number of benzene rings is 2. The summed E-state index contributed by atoms with van der Waals surface area (Å²) < 4.78 is 38.7. The SMILES string of the molecule is CNC(=O)CN[C@@H](C(=O)Nc1cc(C(F)(F)F)ccc1Cl)c1ccccc1. The second-order valence-electron chi connectivity index (χ2n) is 5.58. The van der Waals surface area contributed by atoms with Crippen LogP contribution in [-0.2, 0) is 15.8 Å². The molecule has 144 valence electrons. The Balaban J connectivity index is 2.26. The van der Waals surface area contributed by atoms with Gasteiger partial charge < -0.3 is 10.6 Å². The third-order valence-electron chi connectivity index (χ3n) is 3.69. The molecule has 27 heavy (non-hydrogen) atoms. The van der Waals surface area contributed by atoms with Crippen LogP contribution in [0.25, 0.3) is 0 Å². The molecule has 9 heteroatoms. The molecule has 0 unspecified atom stereocenters. The normalized spacial score (nSPS) is 12.3. The first kappa shape index (κ1) is 20.7. The summed E-state index contributed by atoms with van der Waals surface area (Å²) in [6.45, 7) is -0.153. The van der Waals surface area contributed by atoms with Crippen LogP contribution >= 0.6 is 11.6 Å². The number of nitrogens with one attached hydrogen (secondary N) is 3. The summed E-state index contributed by atoms with van der Waals surface area (Å²) in [5.41, 5.74) is -0.557. The smallest absolute Gasteiger partial charge is 0.358 e. The molecular formula is C18H17ClF3N3O2. The van der Waals surface area contributed by atoms with Gasteiger partial charge in [-0.3, -0.25) is 14.9 Å². The quantitative estimate of drug-likeness (QED) is 0.697. The molecule has 0 heterocycles. The predicted octanol–water partition coefficient (Wildman–Crippen LogP) is 3.37. The Kier molecular flexibility index (Phi) is 6.81. The van der Waals surface area contributed by atoms with Gasteiger partial charge >= 0.3 is 6.18 Å². The fourth-order valence-corrected chi connectivity index (χ4v) is 2.46. The van der Waals surface area contributed by atoms with Crippen LogP contribution in [0.4, 0.5) is 18.9 Å². The summed E-state index contributed by atoms with van der Waals surface area (Å²) in [5, 5.41) is 7.56. The average Bonchev–Trinajstić information content (AvgIpc) is 2.63. The number of carbonyl (C=O) groups is 2. The Bertz CT molecular complexity index is 813. The van der Waals surface area contributed by atoms with E-state index in [0.29, 0.717) is 5.56 Å². The monoisotopic (exact) mass is 399 g/mol. The van der Waals surface area contributed by atoms with Crippen LogP contribution in [0.2, 0.25) is 5.02 Å². The maximum atomic E-state index is 12.9. The van der Waals surface area contributed by atoms with Gasteiger partial charge in [0, 0.05) is 7.05 Å². The Labute approximate surface area is 158 Å². The molecule has 1 atom stereocenters. The topological polar surface area (TPSA) is 70.2 Å². The van der Waals surface area contributed by atoms with E-state index in [4.69, 9.17) is 11.6 Å². The van der Waals surface area contributed by atoms with Crippen molar-refractivity contribution in [3.63, 3.8) is 0 Å². The maximum Gasteiger partial charge on any atom is 0.416 e. The summed E-state index contributed by atoms with van der Waals surface area (Å²) in [6, 6.07) is 10.2. The minimum atomic E-state index is -4.57. The minimum Gasteiger partial charge on any atom is -0.358 e. The van der Waals surface area contributed by atoms with Crippen molar-refractivity contribution in [2.24, 2.45) is 0 Å². The zero-order chi connectivity index (χ0) is 20.0. The second-order valence-corrected chi connectivity index (χ2v) is 5.99. The van der Waals surface area contributed by atoms with Gasteiger partial charge in [-0.1, -0.05) is 41.9 Å². The highest BCUT2D eigenvalue weighted by molar-refractivity contribution is 6.33. The molecule has 2 aromatic carbocycles. The molecular weight excluding hydrogens is 383 g/mol. The highest BCUT2D eigenvalue weighted by atomic mass is 35.5. The molecule has 2 rings (SSSR count). The molecule has 5 nitrogen and oxygen atoms in total. The third kappa shape index (κ3) is 5.70. The van der Waals surface area contributed by atoms with E-state index in [0.717, 1.165) is 18.2 Å². The molecule has 0 aliphatic rings. The van der Waals surface area contributed by atoms with Crippen molar-refractivity contribution in [2.45, 2.75) is 12.2 Å². The van der Waals surface area contributed by atoms with Crippen molar-refractivity contribution in [3.05, 3.63) is 64.7 Å². The highest BCUT2D eigenvalue weighted by Crippen LogP contribution is 2.34. The summed E-state index contributed by atoms with van der Waals surface area (Å²) in [7, 11) is 1.45. The van der Waals surface area contributed by atoms with E-state index < -0.39 is 23.7 Å². The van der Waals surface area contributed by atoms with Crippen LogP contribution < -0.4 is 16.0 Å².